The predicted molar refractivity (Wildman–Crippen MR) is 60.0 cm³/mol. The van der Waals surface area contributed by atoms with Gasteiger partial charge in [0.2, 0.25) is 10.0 Å². The molecule has 6 nitrogen and oxygen atoms in total. The second-order valence-electron chi connectivity index (χ2n) is 3.89. The Labute approximate surface area is 108 Å². The Balaban J connectivity index is 3.08. The Kier molecular flexibility index (Phi) is 4.59. The number of rotatable bonds is 5. The summed E-state index contributed by atoms with van der Waals surface area (Å²) in [5, 5.41) is 12.6. The van der Waals surface area contributed by atoms with Gasteiger partial charge in [-0.1, -0.05) is 0 Å². The summed E-state index contributed by atoms with van der Waals surface area (Å²) in [6.07, 6.45) is -4.63. The van der Waals surface area contributed by atoms with Crippen molar-refractivity contribution in [3.8, 4) is 0 Å². The van der Waals surface area contributed by atoms with Crippen LogP contribution in [0.2, 0.25) is 0 Å². The quantitative estimate of drug-likeness (QED) is 0.821. The van der Waals surface area contributed by atoms with Crippen molar-refractivity contribution in [3.05, 3.63) is 11.4 Å². The van der Waals surface area contributed by atoms with E-state index in [1.807, 2.05) is 0 Å². The fraction of sp³-hybridized carbons (Fsp3) is 0.667. The van der Waals surface area contributed by atoms with Crippen LogP contribution in [0.3, 0.4) is 0 Å². The Morgan fingerprint density at radius 1 is 1.37 bits per heavy atom. The standard InChI is InChI=1S/C9H14F3N3O3S/c1-6-8(7(2)15(14-6)3-4-16)19(17,18)13-5-9(10,11)12/h13,16H,3-5H2,1-2H3. The summed E-state index contributed by atoms with van der Waals surface area (Å²) in [5.74, 6) is 0. The Morgan fingerprint density at radius 2 is 1.95 bits per heavy atom. The van der Waals surface area contributed by atoms with Crippen molar-refractivity contribution < 1.29 is 26.7 Å². The zero-order chi connectivity index (χ0) is 14.8. The molecular formula is C9H14F3N3O3S. The molecule has 0 aromatic carbocycles. The number of aryl methyl sites for hydroxylation is 1. The maximum atomic E-state index is 12.0. The van der Waals surface area contributed by atoms with E-state index in [0.717, 1.165) is 0 Å². The highest BCUT2D eigenvalue weighted by Gasteiger charge is 2.32. The molecule has 10 heteroatoms. The van der Waals surface area contributed by atoms with Crippen LogP contribution in [-0.2, 0) is 16.6 Å². The second kappa shape index (κ2) is 5.47. The Hall–Kier alpha value is -1.13. The van der Waals surface area contributed by atoms with E-state index in [2.05, 4.69) is 5.10 Å². The largest absolute Gasteiger partial charge is 0.402 e. The summed E-state index contributed by atoms with van der Waals surface area (Å²) in [6, 6.07) is 0. The van der Waals surface area contributed by atoms with E-state index in [1.54, 1.807) is 0 Å². The first-order valence-corrected chi connectivity index (χ1v) is 6.78. The van der Waals surface area contributed by atoms with Gasteiger partial charge < -0.3 is 5.11 Å². The highest BCUT2D eigenvalue weighted by atomic mass is 32.2. The summed E-state index contributed by atoms with van der Waals surface area (Å²) in [6.45, 7) is 0.971. The smallest absolute Gasteiger partial charge is 0.394 e. The molecule has 0 radical (unpaired) electrons. The number of halogens is 3. The topological polar surface area (TPSA) is 84.2 Å². The molecule has 0 bridgehead atoms. The van der Waals surface area contributed by atoms with Gasteiger partial charge in [-0.05, 0) is 13.8 Å². The second-order valence-corrected chi connectivity index (χ2v) is 5.59. The summed E-state index contributed by atoms with van der Waals surface area (Å²) in [7, 11) is -4.29. The molecule has 0 aliphatic heterocycles. The molecule has 0 saturated carbocycles. The molecular weight excluding hydrogens is 287 g/mol. The van der Waals surface area contributed by atoms with E-state index in [0.29, 0.717) is 0 Å². The van der Waals surface area contributed by atoms with E-state index in [-0.39, 0.29) is 29.4 Å². The van der Waals surface area contributed by atoms with Crippen molar-refractivity contribution in [3.63, 3.8) is 0 Å². The summed E-state index contributed by atoms with van der Waals surface area (Å²) < 4.78 is 62.5. The number of nitrogens with zero attached hydrogens (tertiary/aromatic N) is 2. The van der Waals surface area contributed by atoms with Gasteiger partial charge in [-0.25, -0.2) is 13.1 Å². The molecule has 1 heterocycles. The zero-order valence-electron chi connectivity index (χ0n) is 10.3. The van der Waals surface area contributed by atoms with Gasteiger partial charge >= 0.3 is 6.18 Å². The van der Waals surface area contributed by atoms with Crippen LogP contribution in [0.5, 0.6) is 0 Å². The van der Waals surface area contributed by atoms with Crippen LogP contribution in [0, 0.1) is 13.8 Å². The predicted octanol–water partition coefficient (Wildman–Crippen LogP) is 0.333. The lowest BCUT2D eigenvalue weighted by atomic mass is 10.4. The molecule has 0 aliphatic carbocycles. The third-order valence-electron chi connectivity index (χ3n) is 2.36. The molecule has 0 amide bonds. The molecule has 0 atom stereocenters. The van der Waals surface area contributed by atoms with E-state index in [9.17, 15) is 21.6 Å². The lowest BCUT2D eigenvalue weighted by Gasteiger charge is -2.09. The normalized spacial score (nSPS) is 12.9. The highest BCUT2D eigenvalue weighted by Crippen LogP contribution is 2.20. The molecule has 2 N–H and O–H groups in total. The molecule has 1 aromatic rings. The molecule has 0 saturated heterocycles. The molecule has 0 unspecified atom stereocenters. The van der Waals surface area contributed by atoms with Gasteiger partial charge in [0.15, 0.2) is 0 Å². The first-order valence-electron chi connectivity index (χ1n) is 5.30. The van der Waals surface area contributed by atoms with Crippen LogP contribution in [0.15, 0.2) is 4.90 Å². The minimum atomic E-state index is -4.63. The average Bonchev–Trinajstić information content (AvgIpc) is 2.52. The lowest BCUT2D eigenvalue weighted by molar-refractivity contribution is -0.121. The minimum Gasteiger partial charge on any atom is -0.394 e. The zero-order valence-corrected chi connectivity index (χ0v) is 11.1. The van der Waals surface area contributed by atoms with Crippen LogP contribution < -0.4 is 4.72 Å². The molecule has 1 rings (SSSR count). The number of sulfonamides is 1. The van der Waals surface area contributed by atoms with Gasteiger partial charge in [0.05, 0.1) is 24.5 Å². The average molecular weight is 301 g/mol. The molecule has 1 aromatic heterocycles. The molecule has 110 valence electrons. The summed E-state index contributed by atoms with van der Waals surface area (Å²) >= 11 is 0. The van der Waals surface area contributed by atoms with Crippen LogP contribution in [0.4, 0.5) is 13.2 Å². The van der Waals surface area contributed by atoms with Crippen molar-refractivity contribution in [2.75, 3.05) is 13.2 Å². The fourth-order valence-corrected chi connectivity index (χ4v) is 3.05. The van der Waals surface area contributed by atoms with Crippen molar-refractivity contribution in [2.24, 2.45) is 0 Å². The van der Waals surface area contributed by atoms with Gasteiger partial charge in [0.25, 0.3) is 0 Å². The summed E-state index contributed by atoms with van der Waals surface area (Å²) in [4.78, 5) is -0.287. The Bertz CT molecular complexity index is 551. The van der Waals surface area contributed by atoms with Crippen LogP contribution >= 0.6 is 0 Å². The number of aliphatic hydroxyl groups excluding tert-OH is 1. The number of aromatic nitrogens is 2. The lowest BCUT2D eigenvalue weighted by Crippen LogP contribution is -2.34. The van der Waals surface area contributed by atoms with Gasteiger partial charge in [-0.15, -0.1) is 0 Å². The number of aliphatic hydroxyl groups is 1. The van der Waals surface area contributed by atoms with E-state index < -0.39 is 22.7 Å². The maximum absolute atomic E-state index is 12.0. The van der Waals surface area contributed by atoms with E-state index in [4.69, 9.17) is 5.11 Å². The minimum absolute atomic E-state index is 0.0709. The van der Waals surface area contributed by atoms with Gasteiger partial charge in [0, 0.05) is 0 Å². The number of hydrogen-bond acceptors (Lipinski definition) is 4. The van der Waals surface area contributed by atoms with Crippen molar-refractivity contribution in [1.82, 2.24) is 14.5 Å². The SMILES string of the molecule is Cc1nn(CCO)c(C)c1S(=O)(=O)NCC(F)(F)F. The fourth-order valence-electron chi connectivity index (χ4n) is 1.63. The number of nitrogens with one attached hydrogen (secondary N) is 1. The molecule has 0 aliphatic rings. The van der Waals surface area contributed by atoms with Gasteiger partial charge in [-0.3, -0.25) is 4.68 Å². The van der Waals surface area contributed by atoms with E-state index in [1.165, 1.54) is 23.3 Å². The van der Waals surface area contributed by atoms with Crippen LogP contribution in [0.25, 0.3) is 0 Å². The monoisotopic (exact) mass is 301 g/mol. The number of hydrogen-bond donors (Lipinski definition) is 2. The van der Waals surface area contributed by atoms with Gasteiger partial charge in [-0.2, -0.15) is 18.3 Å². The molecule has 19 heavy (non-hydrogen) atoms. The Morgan fingerprint density at radius 3 is 2.42 bits per heavy atom. The van der Waals surface area contributed by atoms with Crippen LogP contribution in [0.1, 0.15) is 11.4 Å². The van der Waals surface area contributed by atoms with Crippen molar-refractivity contribution >= 4 is 10.0 Å². The molecule has 0 spiro atoms. The van der Waals surface area contributed by atoms with Crippen LogP contribution in [-0.4, -0.2) is 42.6 Å². The first-order chi connectivity index (χ1) is 8.58. The maximum Gasteiger partial charge on any atom is 0.402 e. The first kappa shape index (κ1) is 15.9. The third kappa shape index (κ3) is 3.91. The summed E-state index contributed by atoms with van der Waals surface area (Å²) in [5.41, 5.74) is 0.266. The number of alkyl halides is 3. The van der Waals surface area contributed by atoms with Crippen molar-refractivity contribution in [2.45, 2.75) is 31.5 Å². The van der Waals surface area contributed by atoms with E-state index >= 15 is 0 Å². The van der Waals surface area contributed by atoms with Crippen molar-refractivity contribution in [1.29, 1.82) is 0 Å². The molecule has 0 fully saturated rings. The van der Waals surface area contributed by atoms with Gasteiger partial charge in [0.1, 0.15) is 11.4 Å². The third-order valence-corrected chi connectivity index (χ3v) is 4.01. The highest BCUT2D eigenvalue weighted by molar-refractivity contribution is 7.89.